The fourth-order valence-electron chi connectivity index (χ4n) is 7.89. The van der Waals surface area contributed by atoms with Crippen LogP contribution in [-0.4, -0.2) is 76.2 Å². The molecule has 266 valence electrons. The molecular weight excluding hydrogens is 641 g/mol. The second-order valence-electron chi connectivity index (χ2n) is 16.0. The van der Waals surface area contributed by atoms with Gasteiger partial charge in [0, 0.05) is 31.2 Å². The predicted molar refractivity (Wildman–Crippen MR) is 183 cm³/mol. The van der Waals surface area contributed by atoms with Gasteiger partial charge in [0.1, 0.15) is 29.1 Å². The van der Waals surface area contributed by atoms with Gasteiger partial charge in [-0.1, -0.05) is 18.2 Å². The average molecular weight is 688 g/mol. The number of halogens is 1. The first-order valence-electron chi connectivity index (χ1n) is 17.4. The molecule has 0 unspecified atom stereocenters. The van der Waals surface area contributed by atoms with Crippen molar-refractivity contribution >= 4 is 29.7 Å². The van der Waals surface area contributed by atoms with Crippen molar-refractivity contribution in [2.24, 2.45) is 5.92 Å². The Bertz CT molecular complexity index is 1750. The summed E-state index contributed by atoms with van der Waals surface area (Å²) in [5.74, 6) is -1.09. The van der Waals surface area contributed by atoms with Crippen molar-refractivity contribution in [3.05, 3.63) is 53.3 Å². The maximum atomic E-state index is 15.6. The normalized spacial score (nSPS) is 22.8. The molecule has 4 atom stereocenters. The lowest BCUT2D eigenvalue weighted by Gasteiger charge is -2.38. The van der Waals surface area contributed by atoms with Crippen molar-refractivity contribution in [3.63, 3.8) is 0 Å². The van der Waals surface area contributed by atoms with Crippen molar-refractivity contribution in [2.45, 2.75) is 115 Å². The molecule has 3 fully saturated rings. The van der Waals surface area contributed by atoms with Crippen LogP contribution in [0.5, 0.6) is 0 Å². The maximum absolute atomic E-state index is 15.6. The molecule has 4 aliphatic rings. The molecule has 2 aromatic carbocycles. The summed E-state index contributed by atoms with van der Waals surface area (Å²) in [4.78, 5) is 55.6. The zero-order valence-corrected chi connectivity index (χ0v) is 29.6. The van der Waals surface area contributed by atoms with Gasteiger partial charge in [-0.3, -0.25) is 14.5 Å². The van der Waals surface area contributed by atoms with Gasteiger partial charge in [-0.2, -0.15) is 5.26 Å². The first-order chi connectivity index (χ1) is 23.5. The van der Waals surface area contributed by atoms with Gasteiger partial charge in [0.15, 0.2) is 0 Å². The quantitative estimate of drug-likeness (QED) is 0.390. The molecule has 6 rings (SSSR count). The number of carbonyl (C=O) groups excluding carboxylic acids is 4. The van der Waals surface area contributed by atoms with Crippen molar-refractivity contribution in [1.29, 1.82) is 5.26 Å². The van der Waals surface area contributed by atoms with Gasteiger partial charge in [0.25, 0.3) is 0 Å². The Labute approximate surface area is 292 Å². The summed E-state index contributed by atoms with van der Waals surface area (Å²) >= 11 is 0. The third-order valence-corrected chi connectivity index (χ3v) is 10.2. The van der Waals surface area contributed by atoms with Crippen molar-refractivity contribution in [2.75, 3.05) is 18.4 Å². The fourth-order valence-corrected chi connectivity index (χ4v) is 7.89. The van der Waals surface area contributed by atoms with Crippen LogP contribution >= 0.6 is 0 Å². The molecule has 2 N–H and O–H groups in total. The van der Waals surface area contributed by atoms with Crippen LogP contribution in [0.4, 0.5) is 19.7 Å². The Kier molecular flexibility index (Phi) is 9.08. The Morgan fingerprint density at radius 2 is 1.64 bits per heavy atom. The highest BCUT2D eigenvalue weighted by Crippen LogP contribution is 2.47. The van der Waals surface area contributed by atoms with Gasteiger partial charge in [-0.15, -0.1) is 0 Å². The van der Waals surface area contributed by atoms with Crippen LogP contribution in [0, 0.1) is 23.1 Å². The molecule has 1 spiro atoms. The molecule has 3 aliphatic heterocycles. The van der Waals surface area contributed by atoms with Gasteiger partial charge in [0.05, 0.1) is 11.5 Å². The molecule has 50 heavy (non-hydrogen) atoms. The van der Waals surface area contributed by atoms with Crippen molar-refractivity contribution in [1.82, 2.24) is 15.1 Å². The highest BCUT2D eigenvalue weighted by Gasteiger charge is 2.53. The van der Waals surface area contributed by atoms with Crippen LogP contribution in [0.15, 0.2) is 36.4 Å². The number of benzene rings is 2. The molecule has 2 bridgehead atoms. The van der Waals surface area contributed by atoms with Crippen LogP contribution < -0.4 is 10.6 Å². The number of anilines is 1. The Hall–Kier alpha value is -4.66. The molecule has 0 radical (unpaired) electrons. The largest absolute Gasteiger partial charge is 0.444 e. The van der Waals surface area contributed by atoms with E-state index in [1.165, 1.54) is 11.0 Å². The zero-order valence-electron chi connectivity index (χ0n) is 29.6. The van der Waals surface area contributed by atoms with Gasteiger partial charge in [0.2, 0.25) is 11.8 Å². The minimum absolute atomic E-state index is 0.0163. The minimum atomic E-state index is -1.01. The summed E-state index contributed by atoms with van der Waals surface area (Å²) in [6.45, 7) is 11.5. The third kappa shape index (κ3) is 6.87. The lowest BCUT2D eigenvalue weighted by atomic mass is 9.73. The lowest BCUT2D eigenvalue weighted by Crippen LogP contribution is -2.55. The number of amides is 4. The van der Waals surface area contributed by atoms with Gasteiger partial charge in [-0.05, 0) is 120 Å². The third-order valence-electron chi connectivity index (χ3n) is 10.2. The van der Waals surface area contributed by atoms with Gasteiger partial charge >= 0.3 is 12.2 Å². The number of nitriles is 1. The lowest BCUT2D eigenvalue weighted by molar-refractivity contribution is -0.128. The molecule has 2 aromatic rings. The van der Waals surface area contributed by atoms with Gasteiger partial charge < -0.3 is 25.0 Å². The van der Waals surface area contributed by atoms with E-state index in [1.54, 1.807) is 37.8 Å². The Morgan fingerprint density at radius 1 is 1.00 bits per heavy atom. The molecule has 4 amide bonds. The monoisotopic (exact) mass is 687 g/mol. The van der Waals surface area contributed by atoms with E-state index in [0.29, 0.717) is 43.6 Å². The molecule has 3 heterocycles. The second kappa shape index (κ2) is 12.9. The van der Waals surface area contributed by atoms with Crippen molar-refractivity contribution in [3.8, 4) is 17.2 Å². The first kappa shape index (κ1) is 35.2. The summed E-state index contributed by atoms with van der Waals surface area (Å²) in [5.41, 5.74) is 0.976. The number of hydrogen-bond donors (Lipinski definition) is 2. The van der Waals surface area contributed by atoms with E-state index in [9.17, 15) is 24.4 Å². The fraction of sp³-hybridized carbons (Fsp3) is 0.553. The molecule has 0 aromatic heterocycles. The van der Waals surface area contributed by atoms with Crippen LogP contribution in [0.2, 0.25) is 0 Å². The maximum Gasteiger partial charge on any atom is 0.411 e. The highest BCUT2D eigenvalue weighted by atomic mass is 19.1. The number of piperidine rings is 2. The van der Waals surface area contributed by atoms with E-state index in [-0.39, 0.29) is 29.9 Å². The second-order valence-corrected chi connectivity index (χ2v) is 16.0. The summed E-state index contributed by atoms with van der Waals surface area (Å²) < 4.78 is 26.7. The van der Waals surface area contributed by atoms with E-state index >= 15 is 4.39 Å². The van der Waals surface area contributed by atoms with Crippen LogP contribution in [0.3, 0.4) is 0 Å². The number of nitrogens with zero attached hydrogens (tertiary/aromatic N) is 3. The number of fused-ring (bicyclic) bond motifs is 4. The topological polar surface area (TPSA) is 141 Å². The predicted octanol–water partition coefficient (Wildman–Crippen LogP) is 6.05. The summed E-state index contributed by atoms with van der Waals surface area (Å²) in [7, 11) is 0. The van der Waals surface area contributed by atoms with E-state index < -0.39 is 52.6 Å². The SMILES string of the molecule is CC(C)(C)OC(=O)N1CCC2(CC1)C(=O)Nc1ccc(-c3ccc(C[C@@H](C#N)NC(=O)[C@@H]4[C@H]5CC[C@H](C5)N4C(=O)OC(C)(C)C)c(F)c3)cc12. The molecule has 11 nitrogen and oxygen atoms in total. The number of rotatable bonds is 5. The molecule has 1 saturated carbocycles. The zero-order chi connectivity index (χ0) is 36.2. The average Bonchev–Trinajstić information content (AvgIpc) is 3.73. The molecule has 1 aliphatic carbocycles. The molecule has 2 saturated heterocycles. The number of hydrogen-bond acceptors (Lipinski definition) is 7. The smallest absolute Gasteiger partial charge is 0.411 e. The van der Waals surface area contributed by atoms with E-state index in [2.05, 4.69) is 16.7 Å². The van der Waals surface area contributed by atoms with Crippen LogP contribution in [0.1, 0.15) is 84.8 Å². The summed E-state index contributed by atoms with van der Waals surface area (Å²) in [6, 6.07) is 10.6. The standard InChI is InChI=1S/C38H46FN5O6/c1-36(2,3)49-34(47)43-15-13-38(14-16-43)28-19-22(10-12-30(28)42-33(38)46)23-7-8-24(29(39)20-23)17-26(21-40)41-32(45)31-25-9-11-27(18-25)44(31)35(48)50-37(4,5)6/h7-8,10,12,19-20,25-27,31H,9,11,13-18H2,1-6H3,(H,41,45)(H,42,46)/t25-,26-,27+,31-/m0/s1. The van der Waals surface area contributed by atoms with Crippen LogP contribution in [0.25, 0.3) is 11.1 Å². The first-order valence-corrected chi connectivity index (χ1v) is 17.4. The number of ether oxygens (including phenoxy) is 2. The van der Waals surface area contributed by atoms with E-state index in [4.69, 9.17) is 9.47 Å². The summed E-state index contributed by atoms with van der Waals surface area (Å²) in [5, 5.41) is 15.7. The number of nitrogens with one attached hydrogen (secondary N) is 2. The Morgan fingerprint density at radius 3 is 2.28 bits per heavy atom. The highest BCUT2D eigenvalue weighted by molar-refractivity contribution is 6.07. The van der Waals surface area contributed by atoms with E-state index in [1.807, 2.05) is 39.0 Å². The van der Waals surface area contributed by atoms with Crippen molar-refractivity contribution < 1.29 is 33.0 Å². The number of carbonyl (C=O) groups is 4. The van der Waals surface area contributed by atoms with Crippen LogP contribution in [-0.2, 0) is 30.9 Å². The minimum Gasteiger partial charge on any atom is -0.444 e. The Balaban J connectivity index is 1.14. The van der Waals surface area contributed by atoms with Gasteiger partial charge in [-0.25, -0.2) is 14.0 Å². The van der Waals surface area contributed by atoms with E-state index in [0.717, 1.165) is 24.0 Å². The molecule has 12 heteroatoms. The number of likely N-dealkylation sites (tertiary alicyclic amines) is 2. The molecular formula is C38H46FN5O6. The summed E-state index contributed by atoms with van der Waals surface area (Å²) in [6.07, 6.45) is 2.20.